The highest BCUT2D eigenvalue weighted by Crippen LogP contribution is 2.26. The molecule has 27 heavy (non-hydrogen) atoms. The van der Waals surface area contributed by atoms with Crippen molar-refractivity contribution in [1.82, 2.24) is 19.9 Å². The van der Waals surface area contributed by atoms with Gasteiger partial charge in [-0.3, -0.25) is 4.98 Å². The van der Waals surface area contributed by atoms with Crippen LogP contribution in [0, 0.1) is 0 Å². The first-order valence-electron chi connectivity index (χ1n) is 9.49. The summed E-state index contributed by atoms with van der Waals surface area (Å²) >= 11 is 2.07. The number of hydrogen-bond acceptors (Lipinski definition) is 6. The van der Waals surface area contributed by atoms with E-state index in [4.69, 9.17) is 9.72 Å². The Hall–Kier alpha value is -2.12. The number of ether oxygens (including phenoxy) is 1. The summed E-state index contributed by atoms with van der Waals surface area (Å²) in [5.74, 6) is 4.47. The van der Waals surface area contributed by atoms with Gasteiger partial charge in [-0.2, -0.15) is 11.8 Å². The fourth-order valence-electron chi connectivity index (χ4n) is 3.37. The van der Waals surface area contributed by atoms with E-state index in [9.17, 15) is 0 Å². The Morgan fingerprint density at radius 3 is 2.89 bits per heavy atom. The molecule has 5 heterocycles. The molecule has 5 rings (SSSR count). The Kier molecular flexibility index (Phi) is 5.89. The van der Waals surface area contributed by atoms with Crippen molar-refractivity contribution in [3.63, 3.8) is 0 Å². The maximum absolute atomic E-state index is 5.50. The van der Waals surface area contributed by atoms with Crippen molar-refractivity contribution in [1.29, 1.82) is 0 Å². The van der Waals surface area contributed by atoms with E-state index in [-0.39, 0.29) is 0 Å². The zero-order chi connectivity index (χ0) is 18.5. The molecule has 2 aliphatic rings. The van der Waals surface area contributed by atoms with Crippen LogP contribution in [0.3, 0.4) is 0 Å². The lowest BCUT2D eigenvalue weighted by Gasteiger charge is -2.34. The number of nitrogens with one attached hydrogen (secondary N) is 1. The van der Waals surface area contributed by atoms with Crippen LogP contribution in [0.4, 0.5) is 5.82 Å². The zero-order valence-corrected chi connectivity index (χ0v) is 16.4. The molecule has 3 aromatic heterocycles. The lowest BCUT2D eigenvalue weighted by molar-refractivity contribution is 0.0985. The number of anilines is 1. The Labute approximate surface area is 163 Å². The molecule has 0 aromatic carbocycles. The first-order chi connectivity index (χ1) is 13.3. The predicted octanol–water partition coefficient (Wildman–Crippen LogP) is 3.76. The fraction of sp³-hybridized carbons (Fsp3) is 0.450. The van der Waals surface area contributed by atoms with Gasteiger partial charge in [-0.05, 0) is 43.4 Å². The fourth-order valence-corrected chi connectivity index (χ4v) is 4.40. The van der Waals surface area contributed by atoms with E-state index in [2.05, 4.69) is 38.5 Å². The third-order valence-corrected chi connectivity index (χ3v) is 6.00. The first kappa shape index (κ1) is 18.3. The predicted molar refractivity (Wildman–Crippen MR) is 111 cm³/mol. The van der Waals surface area contributed by atoms with Gasteiger partial charge in [0.25, 0.3) is 0 Å². The lowest BCUT2D eigenvalue weighted by Crippen LogP contribution is -2.44. The van der Waals surface area contributed by atoms with Crippen molar-refractivity contribution in [2.24, 2.45) is 0 Å². The normalized spacial score (nSPS) is 19.7. The smallest absolute Gasteiger partial charge is 0.163 e. The monoisotopic (exact) mass is 383 g/mol. The van der Waals surface area contributed by atoms with E-state index in [0.717, 1.165) is 42.0 Å². The Morgan fingerprint density at radius 2 is 2.11 bits per heavy atom. The van der Waals surface area contributed by atoms with Crippen LogP contribution in [0.1, 0.15) is 19.8 Å². The van der Waals surface area contributed by atoms with Gasteiger partial charge in [0.05, 0.1) is 31.0 Å². The molecule has 0 aliphatic carbocycles. The van der Waals surface area contributed by atoms with E-state index in [0.29, 0.717) is 11.9 Å². The van der Waals surface area contributed by atoms with E-state index >= 15 is 0 Å². The maximum atomic E-state index is 5.50. The van der Waals surface area contributed by atoms with Crippen LogP contribution >= 0.6 is 11.8 Å². The first-order valence-corrected chi connectivity index (χ1v) is 10.6. The maximum Gasteiger partial charge on any atom is 0.163 e. The molecule has 0 spiro atoms. The number of morpholine rings is 1. The summed E-state index contributed by atoms with van der Waals surface area (Å²) < 4.78 is 5.50. The van der Waals surface area contributed by atoms with Crippen LogP contribution < -0.4 is 4.90 Å². The van der Waals surface area contributed by atoms with E-state index in [1.165, 1.54) is 24.3 Å². The summed E-state index contributed by atoms with van der Waals surface area (Å²) in [4.78, 5) is 18.9. The van der Waals surface area contributed by atoms with E-state index in [1.807, 2.05) is 36.9 Å². The molecule has 2 saturated heterocycles. The molecule has 142 valence electrons. The molecule has 1 N–H and O–H groups in total. The summed E-state index contributed by atoms with van der Waals surface area (Å²) in [5.41, 5.74) is 1.94. The van der Waals surface area contributed by atoms with E-state index < -0.39 is 0 Å². The minimum Gasteiger partial charge on any atom is -0.377 e. The number of hydrogen-bond donors (Lipinski definition) is 1. The van der Waals surface area contributed by atoms with Crippen LogP contribution in [-0.2, 0) is 4.74 Å². The summed E-state index contributed by atoms with van der Waals surface area (Å²) in [6, 6.07) is 4.30. The highest BCUT2D eigenvalue weighted by Gasteiger charge is 2.21. The highest BCUT2D eigenvalue weighted by molar-refractivity contribution is 7.99. The molecule has 0 radical (unpaired) electrons. The third-order valence-electron chi connectivity index (χ3n) is 4.85. The van der Waals surface area contributed by atoms with Gasteiger partial charge in [-0.25, -0.2) is 9.97 Å². The largest absolute Gasteiger partial charge is 0.377 e. The van der Waals surface area contributed by atoms with Gasteiger partial charge in [0.15, 0.2) is 5.82 Å². The number of aromatic amines is 1. The van der Waals surface area contributed by atoms with Crippen LogP contribution in [-0.4, -0.2) is 57.2 Å². The topological polar surface area (TPSA) is 66.9 Å². The minimum absolute atomic E-state index is 0.317. The van der Waals surface area contributed by atoms with E-state index in [1.54, 1.807) is 0 Å². The molecule has 3 aromatic rings. The summed E-state index contributed by atoms with van der Waals surface area (Å²) in [7, 11) is 0. The lowest BCUT2D eigenvalue weighted by atomic mass is 10.2. The van der Waals surface area contributed by atoms with Gasteiger partial charge in [0.1, 0.15) is 5.82 Å². The molecule has 1 unspecified atom stereocenters. The van der Waals surface area contributed by atoms with Crippen molar-refractivity contribution in [2.75, 3.05) is 36.2 Å². The van der Waals surface area contributed by atoms with Gasteiger partial charge in [-0.15, -0.1) is 0 Å². The number of pyridine rings is 1. The molecule has 0 bridgehead atoms. The van der Waals surface area contributed by atoms with Crippen molar-refractivity contribution in [3.8, 4) is 11.4 Å². The SMILES string of the molecule is C1CCSC1.CC1COCCN1c1ccnc(-c2cncc3[nH]ccc23)n1. The van der Waals surface area contributed by atoms with Crippen molar-refractivity contribution < 1.29 is 4.74 Å². The average molecular weight is 384 g/mol. The minimum atomic E-state index is 0.317. The standard InChI is InChI=1S/C16H17N5O.C4H8S/c1-11-10-22-7-6-21(11)15-3-5-19-16(20-15)13-8-17-9-14-12(13)2-4-18-14;1-2-4-5-3-1/h2-5,8-9,11,18H,6-7,10H2,1H3;1-4H2. The third kappa shape index (κ3) is 4.25. The zero-order valence-electron chi connectivity index (χ0n) is 15.6. The Bertz CT molecular complexity index is 872. The number of fused-ring (bicyclic) bond motifs is 1. The number of H-pyrrole nitrogens is 1. The second-order valence-electron chi connectivity index (χ2n) is 6.80. The van der Waals surface area contributed by atoms with Crippen LogP contribution in [0.15, 0.2) is 36.9 Å². The van der Waals surface area contributed by atoms with Crippen molar-refractivity contribution >= 4 is 28.5 Å². The summed E-state index contributed by atoms with van der Waals surface area (Å²) in [6.07, 6.45) is 10.3. The summed E-state index contributed by atoms with van der Waals surface area (Å²) in [5, 5.41) is 1.09. The molecular weight excluding hydrogens is 358 g/mol. The van der Waals surface area contributed by atoms with Crippen LogP contribution in [0.2, 0.25) is 0 Å². The van der Waals surface area contributed by atoms with Gasteiger partial charge >= 0.3 is 0 Å². The Balaban J connectivity index is 0.000000314. The summed E-state index contributed by atoms with van der Waals surface area (Å²) in [6.45, 7) is 4.46. The van der Waals surface area contributed by atoms with Gasteiger partial charge < -0.3 is 14.6 Å². The number of nitrogens with zero attached hydrogens (tertiary/aromatic N) is 4. The van der Waals surface area contributed by atoms with Crippen molar-refractivity contribution in [3.05, 3.63) is 36.9 Å². The second kappa shape index (κ2) is 8.71. The molecule has 0 saturated carbocycles. The van der Waals surface area contributed by atoms with Gasteiger partial charge in [-0.1, -0.05) is 0 Å². The van der Waals surface area contributed by atoms with Crippen LogP contribution in [0.25, 0.3) is 22.3 Å². The molecule has 2 fully saturated rings. The molecule has 1 atom stereocenters. The van der Waals surface area contributed by atoms with Gasteiger partial charge in [0, 0.05) is 36.1 Å². The second-order valence-corrected chi connectivity index (χ2v) is 8.03. The molecule has 0 amide bonds. The number of aromatic nitrogens is 4. The van der Waals surface area contributed by atoms with Crippen LogP contribution in [0.5, 0.6) is 0 Å². The Morgan fingerprint density at radius 1 is 1.22 bits per heavy atom. The molecule has 7 heteroatoms. The number of thioether (sulfide) groups is 1. The number of rotatable bonds is 2. The molecular formula is C20H25N5OS. The molecule has 2 aliphatic heterocycles. The van der Waals surface area contributed by atoms with Gasteiger partial charge in [0.2, 0.25) is 0 Å². The quantitative estimate of drug-likeness (QED) is 0.727. The molecule has 6 nitrogen and oxygen atoms in total. The average Bonchev–Trinajstić information content (AvgIpc) is 3.43. The highest BCUT2D eigenvalue weighted by atomic mass is 32.2. The van der Waals surface area contributed by atoms with Crippen molar-refractivity contribution in [2.45, 2.75) is 25.8 Å².